The van der Waals surface area contributed by atoms with Crippen LogP contribution in [0.4, 0.5) is 0 Å². The highest BCUT2D eigenvalue weighted by molar-refractivity contribution is 5.94. The van der Waals surface area contributed by atoms with Crippen LogP contribution in [0, 0.1) is 6.92 Å². The van der Waals surface area contributed by atoms with E-state index in [9.17, 15) is 9.59 Å². The molecule has 6 nitrogen and oxygen atoms in total. The second-order valence-electron chi connectivity index (χ2n) is 5.12. The first-order valence-corrected chi connectivity index (χ1v) is 7.18. The number of aromatic nitrogens is 2. The minimum Gasteiger partial charge on any atom is -0.481 e. The number of carboxylic acid groups (broad SMARTS) is 1. The SMILES string of the molecule is Cc1cnn(-c2ccc(C(=O)NCCCCC(=O)O)cc2)c1. The van der Waals surface area contributed by atoms with E-state index < -0.39 is 5.97 Å². The number of carbonyl (C=O) groups excluding carboxylic acids is 1. The largest absolute Gasteiger partial charge is 0.481 e. The van der Waals surface area contributed by atoms with E-state index >= 15 is 0 Å². The molecule has 1 aromatic carbocycles. The van der Waals surface area contributed by atoms with Gasteiger partial charge in [0.05, 0.1) is 11.9 Å². The molecule has 1 aromatic heterocycles. The van der Waals surface area contributed by atoms with E-state index in [-0.39, 0.29) is 12.3 Å². The fourth-order valence-corrected chi connectivity index (χ4v) is 2.02. The Morgan fingerprint density at radius 2 is 1.95 bits per heavy atom. The van der Waals surface area contributed by atoms with Gasteiger partial charge in [0.25, 0.3) is 5.91 Å². The van der Waals surface area contributed by atoms with E-state index in [0.29, 0.717) is 24.9 Å². The van der Waals surface area contributed by atoms with Crippen molar-refractivity contribution in [2.45, 2.75) is 26.2 Å². The number of unbranched alkanes of at least 4 members (excludes halogenated alkanes) is 1. The van der Waals surface area contributed by atoms with Crippen molar-refractivity contribution in [3.05, 3.63) is 47.8 Å². The minimum absolute atomic E-state index is 0.133. The first-order valence-electron chi connectivity index (χ1n) is 7.18. The van der Waals surface area contributed by atoms with Crippen LogP contribution in [0.25, 0.3) is 5.69 Å². The average molecular weight is 301 g/mol. The molecule has 0 saturated carbocycles. The summed E-state index contributed by atoms with van der Waals surface area (Å²) < 4.78 is 1.75. The Kier molecular flexibility index (Phi) is 5.30. The van der Waals surface area contributed by atoms with Crippen LogP contribution in [0.2, 0.25) is 0 Å². The maximum Gasteiger partial charge on any atom is 0.303 e. The van der Waals surface area contributed by atoms with Crippen molar-refractivity contribution in [2.75, 3.05) is 6.54 Å². The highest BCUT2D eigenvalue weighted by Crippen LogP contribution is 2.10. The van der Waals surface area contributed by atoms with Gasteiger partial charge in [0.15, 0.2) is 0 Å². The molecular weight excluding hydrogens is 282 g/mol. The van der Waals surface area contributed by atoms with Gasteiger partial charge in [-0.15, -0.1) is 0 Å². The summed E-state index contributed by atoms with van der Waals surface area (Å²) in [5.41, 5.74) is 2.54. The lowest BCUT2D eigenvalue weighted by Gasteiger charge is -2.06. The van der Waals surface area contributed by atoms with Gasteiger partial charge in [-0.3, -0.25) is 9.59 Å². The van der Waals surface area contributed by atoms with Crippen LogP contribution in [0.3, 0.4) is 0 Å². The van der Waals surface area contributed by atoms with Crippen molar-refractivity contribution in [1.82, 2.24) is 15.1 Å². The summed E-state index contributed by atoms with van der Waals surface area (Å²) in [6, 6.07) is 7.18. The first kappa shape index (κ1) is 15.8. The summed E-state index contributed by atoms with van der Waals surface area (Å²) in [4.78, 5) is 22.3. The molecule has 0 aliphatic carbocycles. The maximum absolute atomic E-state index is 11.9. The van der Waals surface area contributed by atoms with Crippen molar-refractivity contribution in [1.29, 1.82) is 0 Å². The number of hydrogen-bond donors (Lipinski definition) is 2. The topological polar surface area (TPSA) is 84.2 Å². The van der Waals surface area contributed by atoms with Crippen LogP contribution in [-0.2, 0) is 4.79 Å². The van der Waals surface area contributed by atoms with Gasteiger partial charge in [-0.1, -0.05) is 0 Å². The Morgan fingerprint density at radius 1 is 1.23 bits per heavy atom. The smallest absolute Gasteiger partial charge is 0.303 e. The van der Waals surface area contributed by atoms with Crippen molar-refractivity contribution in [3.8, 4) is 5.69 Å². The standard InChI is InChI=1S/C16H19N3O3/c1-12-10-18-19(11-12)14-7-5-13(6-8-14)16(22)17-9-3-2-4-15(20)21/h5-8,10-11H,2-4,9H2,1H3,(H,17,22)(H,20,21). The molecule has 2 rings (SSSR count). The predicted molar refractivity (Wildman–Crippen MR) is 82.1 cm³/mol. The molecule has 2 aromatic rings. The number of carboxylic acids is 1. The van der Waals surface area contributed by atoms with E-state index in [0.717, 1.165) is 11.3 Å². The maximum atomic E-state index is 11.9. The van der Waals surface area contributed by atoms with Gasteiger partial charge >= 0.3 is 5.97 Å². The van der Waals surface area contributed by atoms with Gasteiger partial charge in [0.2, 0.25) is 0 Å². The van der Waals surface area contributed by atoms with Gasteiger partial charge < -0.3 is 10.4 Å². The summed E-state index contributed by atoms with van der Waals surface area (Å²) in [6.45, 7) is 2.45. The van der Waals surface area contributed by atoms with Crippen molar-refractivity contribution < 1.29 is 14.7 Å². The zero-order valence-electron chi connectivity index (χ0n) is 12.5. The van der Waals surface area contributed by atoms with E-state index in [1.54, 1.807) is 23.0 Å². The Labute approximate surface area is 128 Å². The molecule has 0 aliphatic heterocycles. The fourth-order valence-electron chi connectivity index (χ4n) is 2.02. The summed E-state index contributed by atoms with van der Waals surface area (Å²) in [5.74, 6) is -0.964. The quantitative estimate of drug-likeness (QED) is 0.768. The monoisotopic (exact) mass is 301 g/mol. The van der Waals surface area contributed by atoms with E-state index in [4.69, 9.17) is 5.11 Å². The molecule has 2 N–H and O–H groups in total. The molecule has 0 atom stereocenters. The number of nitrogens with one attached hydrogen (secondary N) is 1. The number of aryl methyl sites for hydroxylation is 1. The molecule has 0 spiro atoms. The summed E-state index contributed by atoms with van der Waals surface area (Å²) in [7, 11) is 0. The summed E-state index contributed by atoms with van der Waals surface area (Å²) in [5, 5.41) is 15.5. The van der Waals surface area contributed by atoms with E-state index in [1.165, 1.54) is 0 Å². The third-order valence-corrected chi connectivity index (χ3v) is 3.21. The number of aliphatic carboxylic acids is 1. The Balaban J connectivity index is 1.84. The molecule has 116 valence electrons. The summed E-state index contributed by atoms with van der Waals surface area (Å²) >= 11 is 0. The van der Waals surface area contributed by atoms with E-state index in [1.807, 2.05) is 25.3 Å². The van der Waals surface area contributed by atoms with Crippen molar-refractivity contribution in [2.24, 2.45) is 0 Å². The number of rotatable bonds is 7. The van der Waals surface area contributed by atoms with Gasteiger partial charge in [0, 0.05) is 24.7 Å². The average Bonchev–Trinajstić information content (AvgIpc) is 2.93. The van der Waals surface area contributed by atoms with E-state index in [2.05, 4.69) is 10.4 Å². The predicted octanol–water partition coefficient (Wildman–Crippen LogP) is 2.17. The Bertz CT molecular complexity index is 647. The van der Waals surface area contributed by atoms with Crippen molar-refractivity contribution in [3.63, 3.8) is 0 Å². The molecule has 0 aliphatic rings. The lowest BCUT2D eigenvalue weighted by atomic mass is 10.2. The molecule has 1 heterocycles. The van der Waals surface area contributed by atoms with Gasteiger partial charge in [-0.05, 0) is 49.6 Å². The fraction of sp³-hybridized carbons (Fsp3) is 0.312. The molecule has 0 radical (unpaired) electrons. The number of hydrogen-bond acceptors (Lipinski definition) is 3. The number of carbonyl (C=O) groups is 2. The zero-order chi connectivity index (χ0) is 15.9. The van der Waals surface area contributed by atoms with Gasteiger partial charge in [-0.2, -0.15) is 5.10 Å². The lowest BCUT2D eigenvalue weighted by molar-refractivity contribution is -0.137. The third kappa shape index (κ3) is 4.44. The van der Waals surface area contributed by atoms with Crippen LogP contribution < -0.4 is 5.32 Å². The lowest BCUT2D eigenvalue weighted by Crippen LogP contribution is -2.24. The molecule has 1 amide bonds. The number of amides is 1. The number of benzene rings is 1. The minimum atomic E-state index is -0.809. The third-order valence-electron chi connectivity index (χ3n) is 3.21. The normalized spacial score (nSPS) is 10.4. The zero-order valence-corrected chi connectivity index (χ0v) is 12.5. The number of nitrogens with zero attached hydrogens (tertiary/aromatic N) is 2. The Hall–Kier alpha value is -2.63. The van der Waals surface area contributed by atoms with Crippen LogP contribution >= 0.6 is 0 Å². The molecule has 0 fully saturated rings. The Morgan fingerprint density at radius 3 is 2.55 bits per heavy atom. The second-order valence-corrected chi connectivity index (χ2v) is 5.12. The van der Waals surface area contributed by atoms with Gasteiger partial charge in [0.1, 0.15) is 0 Å². The summed E-state index contributed by atoms with van der Waals surface area (Å²) in [6.07, 6.45) is 5.04. The molecule has 22 heavy (non-hydrogen) atoms. The van der Waals surface area contributed by atoms with Crippen LogP contribution in [0.15, 0.2) is 36.7 Å². The highest BCUT2D eigenvalue weighted by Gasteiger charge is 2.06. The molecular formula is C16H19N3O3. The van der Waals surface area contributed by atoms with Crippen LogP contribution in [0.5, 0.6) is 0 Å². The van der Waals surface area contributed by atoms with Crippen molar-refractivity contribution >= 4 is 11.9 Å². The second kappa shape index (κ2) is 7.40. The van der Waals surface area contributed by atoms with Crippen LogP contribution in [-0.4, -0.2) is 33.3 Å². The highest BCUT2D eigenvalue weighted by atomic mass is 16.4. The van der Waals surface area contributed by atoms with Gasteiger partial charge in [-0.25, -0.2) is 4.68 Å². The molecule has 6 heteroatoms. The molecule has 0 saturated heterocycles. The molecule has 0 bridgehead atoms. The van der Waals surface area contributed by atoms with Crippen LogP contribution in [0.1, 0.15) is 35.2 Å². The molecule has 0 unspecified atom stereocenters. The first-order chi connectivity index (χ1) is 10.6.